The molecule has 3 N–H and O–H groups in total. The third-order valence-electron chi connectivity index (χ3n) is 3.24. The van der Waals surface area contributed by atoms with Gasteiger partial charge >= 0.3 is 0 Å². The number of hydrogen-bond acceptors (Lipinski definition) is 4. The van der Waals surface area contributed by atoms with Gasteiger partial charge in [-0.1, -0.05) is 6.92 Å². The lowest BCUT2D eigenvalue weighted by Crippen LogP contribution is -2.29. The minimum atomic E-state index is -0.363. The number of hydrazine groups is 1. The minimum Gasteiger partial charge on any atom is -0.467 e. The Morgan fingerprint density at radius 3 is 2.84 bits per heavy atom. The smallest absolute Gasteiger partial charge is 0.268 e. The topological polar surface area (TPSA) is 86.1 Å². The molecular weight excluding hydrogens is 244 g/mol. The van der Waals surface area contributed by atoms with Crippen LogP contribution < -0.4 is 11.3 Å². The number of rotatable bonds is 4. The Morgan fingerprint density at radius 2 is 2.26 bits per heavy atom. The Labute approximate surface area is 111 Å². The minimum absolute atomic E-state index is 0.363. The number of amides is 1. The lowest BCUT2D eigenvalue weighted by molar-refractivity contribution is 0.0953. The first-order valence-electron chi connectivity index (χ1n) is 6.18. The number of aromatic nitrogens is 2. The number of nitrogens with one attached hydrogen (secondary N) is 1. The van der Waals surface area contributed by atoms with E-state index in [9.17, 15) is 4.79 Å². The fraction of sp³-hybridized carbons (Fsp3) is 0.385. The maximum Gasteiger partial charge on any atom is 0.268 e. The van der Waals surface area contributed by atoms with Crippen LogP contribution in [0.25, 0.3) is 0 Å². The molecule has 2 aromatic heterocycles. The molecule has 0 bridgehead atoms. The van der Waals surface area contributed by atoms with Crippen LogP contribution in [0.2, 0.25) is 0 Å². The van der Waals surface area contributed by atoms with E-state index in [1.54, 1.807) is 6.07 Å². The van der Waals surface area contributed by atoms with Gasteiger partial charge in [0.1, 0.15) is 12.0 Å². The van der Waals surface area contributed by atoms with Crippen LogP contribution in [0, 0.1) is 13.8 Å². The number of carbonyl (C=O) groups excluding carboxylic acids is 1. The monoisotopic (exact) mass is 262 g/mol. The number of furan rings is 1. The van der Waals surface area contributed by atoms with Crippen molar-refractivity contribution < 1.29 is 9.21 Å². The van der Waals surface area contributed by atoms with Crippen LogP contribution in [0.5, 0.6) is 0 Å². The van der Waals surface area contributed by atoms with Gasteiger partial charge in [-0.2, -0.15) is 5.10 Å². The van der Waals surface area contributed by atoms with Crippen molar-refractivity contribution in [2.75, 3.05) is 0 Å². The van der Waals surface area contributed by atoms with Crippen LogP contribution in [-0.2, 0) is 13.0 Å². The molecule has 0 unspecified atom stereocenters. The average Bonchev–Trinajstić information content (AvgIpc) is 2.95. The van der Waals surface area contributed by atoms with Gasteiger partial charge in [0.2, 0.25) is 0 Å². The summed E-state index contributed by atoms with van der Waals surface area (Å²) >= 11 is 0. The zero-order valence-corrected chi connectivity index (χ0v) is 11.4. The number of nitrogens with zero attached hydrogens (tertiary/aromatic N) is 2. The lowest BCUT2D eigenvalue weighted by atomic mass is 10.1. The van der Waals surface area contributed by atoms with Gasteiger partial charge in [-0.25, -0.2) is 5.84 Å². The van der Waals surface area contributed by atoms with Crippen molar-refractivity contribution in [1.29, 1.82) is 0 Å². The maximum absolute atomic E-state index is 11.3. The number of hydrogen-bond donors (Lipinski definition) is 2. The Balaban J connectivity index is 2.22. The van der Waals surface area contributed by atoms with Crippen LogP contribution >= 0.6 is 0 Å². The van der Waals surface area contributed by atoms with E-state index in [-0.39, 0.29) is 5.91 Å². The molecule has 6 nitrogen and oxygen atoms in total. The van der Waals surface area contributed by atoms with E-state index in [2.05, 4.69) is 17.4 Å². The summed E-state index contributed by atoms with van der Waals surface area (Å²) in [5, 5.41) is 4.48. The summed E-state index contributed by atoms with van der Waals surface area (Å²) in [6.07, 6.45) is 2.35. The standard InChI is InChI=1S/C13H18N4O2/c1-4-12-8(2)16-17(9(12)3)6-11-5-10(7-19-11)13(18)15-14/h5,7H,4,6,14H2,1-3H3,(H,15,18). The molecule has 0 radical (unpaired) electrons. The van der Waals surface area contributed by atoms with E-state index in [0.717, 1.165) is 17.8 Å². The van der Waals surface area contributed by atoms with E-state index in [0.29, 0.717) is 17.9 Å². The van der Waals surface area contributed by atoms with Gasteiger partial charge in [0.25, 0.3) is 5.91 Å². The molecule has 0 spiro atoms. The zero-order valence-electron chi connectivity index (χ0n) is 11.4. The molecule has 2 heterocycles. The predicted molar refractivity (Wildman–Crippen MR) is 70.5 cm³/mol. The van der Waals surface area contributed by atoms with Crippen molar-refractivity contribution in [2.24, 2.45) is 5.84 Å². The molecule has 6 heteroatoms. The second-order valence-electron chi connectivity index (χ2n) is 4.44. The van der Waals surface area contributed by atoms with Gasteiger partial charge in [0.15, 0.2) is 0 Å². The average molecular weight is 262 g/mol. The van der Waals surface area contributed by atoms with Crippen molar-refractivity contribution >= 4 is 5.91 Å². The Morgan fingerprint density at radius 1 is 1.53 bits per heavy atom. The summed E-state index contributed by atoms with van der Waals surface area (Å²) in [5.41, 5.74) is 5.90. The normalized spacial score (nSPS) is 10.7. The maximum atomic E-state index is 11.3. The molecular formula is C13H18N4O2. The molecule has 0 aromatic carbocycles. The molecule has 0 atom stereocenters. The molecule has 0 aliphatic rings. The number of aryl methyl sites for hydroxylation is 1. The van der Waals surface area contributed by atoms with Crippen LogP contribution in [-0.4, -0.2) is 15.7 Å². The van der Waals surface area contributed by atoms with E-state index < -0.39 is 0 Å². The van der Waals surface area contributed by atoms with Crippen LogP contribution in [0.1, 0.15) is 40.0 Å². The van der Waals surface area contributed by atoms with Crippen molar-refractivity contribution in [3.8, 4) is 0 Å². The molecule has 0 saturated carbocycles. The molecule has 0 aliphatic carbocycles. The van der Waals surface area contributed by atoms with Crippen molar-refractivity contribution in [3.63, 3.8) is 0 Å². The van der Waals surface area contributed by atoms with Gasteiger partial charge in [0.05, 0.1) is 17.8 Å². The van der Waals surface area contributed by atoms with Gasteiger partial charge in [0, 0.05) is 5.69 Å². The molecule has 102 valence electrons. The highest BCUT2D eigenvalue weighted by Gasteiger charge is 2.13. The van der Waals surface area contributed by atoms with Crippen LogP contribution in [0.15, 0.2) is 16.7 Å². The number of carbonyl (C=O) groups is 1. The summed E-state index contributed by atoms with van der Waals surface area (Å²) in [6.45, 7) is 6.65. The molecule has 2 rings (SSSR count). The van der Waals surface area contributed by atoms with Gasteiger partial charge < -0.3 is 4.42 Å². The highest BCUT2D eigenvalue weighted by atomic mass is 16.3. The predicted octanol–water partition coefficient (Wildman–Crippen LogP) is 1.31. The third kappa shape index (κ3) is 2.53. The molecule has 1 amide bonds. The second-order valence-corrected chi connectivity index (χ2v) is 4.44. The summed E-state index contributed by atoms with van der Waals surface area (Å²) in [7, 11) is 0. The first-order chi connectivity index (χ1) is 9.06. The summed E-state index contributed by atoms with van der Waals surface area (Å²) in [6, 6.07) is 1.67. The van der Waals surface area contributed by atoms with Crippen LogP contribution in [0.3, 0.4) is 0 Å². The molecule has 0 saturated heterocycles. The van der Waals surface area contributed by atoms with E-state index >= 15 is 0 Å². The summed E-state index contributed by atoms with van der Waals surface area (Å²) in [4.78, 5) is 11.3. The van der Waals surface area contributed by atoms with Crippen molar-refractivity contribution in [2.45, 2.75) is 33.7 Å². The molecule has 0 aliphatic heterocycles. The second kappa shape index (κ2) is 5.27. The lowest BCUT2D eigenvalue weighted by Gasteiger charge is -2.02. The van der Waals surface area contributed by atoms with Gasteiger partial charge in [-0.15, -0.1) is 0 Å². The number of nitrogens with two attached hydrogens (primary N) is 1. The highest BCUT2D eigenvalue weighted by molar-refractivity contribution is 5.93. The quantitative estimate of drug-likeness (QED) is 0.494. The number of nitrogen functional groups attached to an aromatic ring is 1. The molecule has 19 heavy (non-hydrogen) atoms. The first kappa shape index (κ1) is 13.4. The SMILES string of the molecule is CCc1c(C)nn(Cc2cc(C(=O)NN)co2)c1C. The van der Waals surface area contributed by atoms with Crippen LogP contribution in [0.4, 0.5) is 0 Å². The molecule has 2 aromatic rings. The van der Waals surface area contributed by atoms with Gasteiger partial charge in [-0.3, -0.25) is 14.9 Å². The summed E-state index contributed by atoms with van der Waals surface area (Å²) in [5.74, 6) is 5.38. The first-order valence-corrected chi connectivity index (χ1v) is 6.18. The largest absolute Gasteiger partial charge is 0.467 e. The fourth-order valence-corrected chi connectivity index (χ4v) is 2.21. The van der Waals surface area contributed by atoms with E-state index in [1.165, 1.54) is 11.8 Å². The zero-order chi connectivity index (χ0) is 14.0. The third-order valence-corrected chi connectivity index (χ3v) is 3.24. The Bertz CT molecular complexity index is 598. The Hall–Kier alpha value is -2.08. The van der Waals surface area contributed by atoms with Gasteiger partial charge in [-0.05, 0) is 31.9 Å². The van der Waals surface area contributed by atoms with Crippen molar-refractivity contribution in [3.05, 3.63) is 40.6 Å². The fourth-order valence-electron chi connectivity index (χ4n) is 2.21. The van der Waals surface area contributed by atoms with Crippen molar-refractivity contribution in [1.82, 2.24) is 15.2 Å². The molecule has 0 fully saturated rings. The Kier molecular flexibility index (Phi) is 3.71. The highest BCUT2D eigenvalue weighted by Crippen LogP contribution is 2.16. The summed E-state index contributed by atoms with van der Waals surface area (Å²) < 4.78 is 7.24. The van der Waals surface area contributed by atoms with E-state index in [4.69, 9.17) is 10.3 Å². The van der Waals surface area contributed by atoms with E-state index in [1.807, 2.05) is 18.5 Å².